The lowest BCUT2D eigenvalue weighted by molar-refractivity contribution is -0.115. The van der Waals surface area contributed by atoms with Gasteiger partial charge in [-0.1, -0.05) is 30.3 Å². The van der Waals surface area contributed by atoms with Crippen LogP contribution in [0.25, 0.3) is 28.1 Å². The van der Waals surface area contributed by atoms with E-state index in [0.717, 1.165) is 39.4 Å². The van der Waals surface area contributed by atoms with Crippen molar-refractivity contribution in [3.05, 3.63) is 96.8 Å². The fourth-order valence-electron chi connectivity index (χ4n) is 3.36. The van der Waals surface area contributed by atoms with E-state index in [-0.39, 0.29) is 12.3 Å². The van der Waals surface area contributed by atoms with Crippen LogP contribution in [0.2, 0.25) is 0 Å². The topological polar surface area (TPSA) is 75.6 Å². The fraction of sp³-hybridized carbons (Fsp3) is 0.0417. The van der Waals surface area contributed by atoms with Gasteiger partial charge in [-0.2, -0.15) is 5.10 Å². The van der Waals surface area contributed by atoms with Gasteiger partial charge in [0.2, 0.25) is 5.91 Å². The maximum absolute atomic E-state index is 12.4. The van der Waals surface area contributed by atoms with Crippen LogP contribution in [0.4, 0.5) is 5.69 Å². The van der Waals surface area contributed by atoms with Gasteiger partial charge in [0.15, 0.2) is 0 Å². The molecule has 5 aromatic rings. The van der Waals surface area contributed by atoms with E-state index in [9.17, 15) is 4.79 Å². The van der Waals surface area contributed by atoms with E-state index in [2.05, 4.69) is 20.4 Å². The molecule has 0 atom stereocenters. The summed E-state index contributed by atoms with van der Waals surface area (Å²) in [7, 11) is 0. The molecule has 0 fully saturated rings. The summed E-state index contributed by atoms with van der Waals surface area (Å²) < 4.78 is 1.77. The van der Waals surface area contributed by atoms with E-state index < -0.39 is 0 Å². The number of rotatable bonds is 5. The highest BCUT2D eigenvalue weighted by atomic mass is 16.1. The van der Waals surface area contributed by atoms with Crippen LogP contribution >= 0.6 is 0 Å². The van der Waals surface area contributed by atoms with Crippen molar-refractivity contribution in [1.82, 2.24) is 19.7 Å². The summed E-state index contributed by atoms with van der Waals surface area (Å²) >= 11 is 0. The Morgan fingerprint density at radius 3 is 2.50 bits per heavy atom. The normalized spacial score (nSPS) is 10.9. The fourth-order valence-corrected chi connectivity index (χ4v) is 3.36. The first-order chi connectivity index (χ1) is 14.7. The average Bonchev–Trinajstić information content (AvgIpc) is 3.42. The minimum Gasteiger partial charge on any atom is -0.338 e. The van der Waals surface area contributed by atoms with E-state index >= 15 is 0 Å². The number of imidazole rings is 1. The average molecular weight is 393 g/mol. The summed E-state index contributed by atoms with van der Waals surface area (Å²) in [5.74, 6) is 0.724. The van der Waals surface area contributed by atoms with E-state index in [1.807, 2.05) is 85.1 Å². The second kappa shape index (κ2) is 7.67. The highest BCUT2D eigenvalue weighted by molar-refractivity contribution is 5.92. The number of benzene rings is 3. The summed E-state index contributed by atoms with van der Waals surface area (Å²) in [5, 5.41) is 7.27. The molecule has 0 aliphatic carbocycles. The number of nitrogens with zero attached hydrogens (tertiary/aromatic N) is 3. The van der Waals surface area contributed by atoms with Crippen LogP contribution in [0.1, 0.15) is 5.56 Å². The molecule has 0 bridgehead atoms. The third-order valence-electron chi connectivity index (χ3n) is 4.85. The lowest BCUT2D eigenvalue weighted by atomic mass is 10.2. The Balaban J connectivity index is 1.25. The van der Waals surface area contributed by atoms with Crippen molar-refractivity contribution in [3.8, 4) is 17.1 Å². The van der Waals surface area contributed by atoms with E-state index in [4.69, 9.17) is 0 Å². The summed E-state index contributed by atoms with van der Waals surface area (Å²) in [4.78, 5) is 20.4. The minimum absolute atomic E-state index is 0.0842. The molecule has 1 amide bonds. The first kappa shape index (κ1) is 17.9. The van der Waals surface area contributed by atoms with Crippen molar-refractivity contribution in [2.75, 3.05) is 5.32 Å². The van der Waals surface area contributed by atoms with Gasteiger partial charge in [-0.3, -0.25) is 4.79 Å². The number of amides is 1. The molecule has 0 aliphatic heterocycles. The maximum atomic E-state index is 12.4. The van der Waals surface area contributed by atoms with Gasteiger partial charge in [-0.25, -0.2) is 9.67 Å². The van der Waals surface area contributed by atoms with Gasteiger partial charge in [0.05, 0.1) is 29.3 Å². The van der Waals surface area contributed by atoms with E-state index in [0.29, 0.717) is 0 Å². The Kier molecular flexibility index (Phi) is 4.57. The monoisotopic (exact) mass is 393 g/mol. The summed E-state index contributed by atoms with van der Waals surface area (Å²) in [6.07, 6.45) is 3.86. The zero-order valence-corrected chi connectivity index (χ0v) is 16.1. The molecule has 0 aliphatic rings. The highest BCUT2D eigenvalue weighted by Gasteiger charge is 2.09. The van der Waals surface area contributed by atoms with Crippen LogP contribution in [0, 0.1) is 0 Å². The Morgan fingerprint density at radius 2 is 1.70 bits per heavy atom. The molecule has 6 heteroatoms. The third-order valence-corrected chi connectivity index (χ3v) is 4.85. The molecule has 2 heterocycles. The van der Waals surface area contributed by atoms with Crippen LogP contribution < -0.4 is 5.32 Å². The number of aromatic amines is 1. The number of carbonyl (C=O) groups is 1. The molecule has 2 aromatic heterocycles. The molecule has 0 saturated carbocycles. The first-order valence-corrected chi connectivity index (χ1v) is 9.69. The van der Waals surface area contributed by atoms with Crippen molar-refractivity contribution in [3.63, 3.8) is 0 Å². The van der Waals surface area contributed by atoms with Crippen molar-refractivity contribution >= 4 is 22.6 Å². The Bertz CT molecular complexity index is 1270. The molecule has 6 nitrogen and oxygen atoms in total. The maximum Gasteiger partial charge on any atom is 0.228 e. The Hall–Kier alpha value is -4.19. The predicted molar refractivity (Wildman–Crippen MR) is 117 cm³/mol. The molecule has 0 spiro atoms. The molecule has 30 heavy (non-hydrogen) atoms. The SMILES string of the molecule is O=C(Cc1cnn(-c2ccccc2)c1)Nc1ccc(-c2nc3ccccc3[nH]2)cc1. The first-order valence-electron chi connectivity index (χ1n) is 9.69. The van der Waals surface area contributed by atoms with Gasteiger partial charge in [-0.05, 0) is 54.1 Å². The zero-order valence-electron chi connectivity index (χ0n) is 16.1. The third kappa shape index (κ3) is 3.71. The lowest BCUT2D eigenvalue weighted by Gasteiger charge is -2.05. The smallest absolute Gasteiger partial charge is 0.228 e. The second-order valence-corrected chi connectivity index (χ2v) is 7.03. The quantitative estimate of drug-likeness (QED) is 0.458. The standard InChI is InChI=1S/C24H19N5O/c30-23(14-17-15-25-29(16-17)20-6-2-1-3-7-20)26-19-12-10-18(11-13-19)24-27-21-8-4-5-9-22(21)28-24/h1-13,15-16H,14H2,(H,26,30)(H,27,28). The highest BCUT2D eigenvalue weighted by Crippen LogP contribution is 2.22. The zero-order chi connectivity index (χ0) is 20.3. The molecule has 0 radical (unpaired) electrons. The number of fused-ring (bicyclic) bond motifs is 1. The van der Waals surface area contributed by atoms with E-state index in [1.165, 1.54) is 0 Å². The van der Waals surface area contributed by atoms with Crippen molar-refractivity contribution < 1.29 is 4.79 Å². The van der Waals surface area contributed by atoms with Gasteiger partial charge in [-0.15, -0.1) is 0 Å². The number of anilines is 1. The van der Waals surface area contributed by atoms with Gasteiger partial charge in [0, 0.05) is 17.4 Å². The van der Waals surface area contributed by atoms with Crippen LogP contribution in [-0.2, 0) is 11.2 Å². The van der Waals surface area contributed by atoms with Gasteiger partial charge in [0.1, 0.15) is 5.82 Å². The van der Waals surface area contributed by atoms with E-state index in [1.54, 1.807) is 10.9 Å². The van der Waals surface area contributed by atoms with Crippen LogP contribution in [0.3, 0.4) is 0 Å². The summed E-state index contributed by atoms with van der Waals surface area (Å²) in [6, 6.07) is 25.4. The summed E-state index contributed by atoms with van der Waals surface area (Å²) in [5.41, 5.74) is 5.46. The number of hydrogen-bond acceptors (Lipinski definition) is 3. The van der Waals surface area contributed by atoms with Crippen LogP contribution in [0.15, 0.2) is 91.3 Å². The van der Waals surface area contributed by atoms with Crippen LogP contribution in [-0.4, -0.2) is 25.7 Å². The Labute approximate surface area is 173 Å². The summed E-state index contributed by atoms with van der Waals surface area (Å²) in [6.45, 7) is 0. The number of carbonyl (C=O) groups excluding carboxylic acids is 1. The number of hydrogen-bond donors (Lipinski definition) is 2. The van der Waals surface area contributed by atoms with Crippen molar-refractivity contribution in [1.29, 1.82) is 0 Å². The van der Waals surface area contributed by atoms with Gasteiger partial charge in [0.25, 0.3) is 0 Å². The van der Waals surface area contributed by atoms with Gasteiger partial charge < -0.3 is 10.3 Å². The predicted octanol–water partition coefficient (Wildman–Crippen LogP) is 4.60. The molecule has 0 saturated heterocycles. The molecule has 3 aromatic carbocycles. The van der Waals surface area contributed by atoms with Crippen molar-refractivity contribution in [2.24, 2.45) is 0 Å². The lowest BCUT2D eigenvalue weighted by Crippen LogP contribution is -2.14. The molecular weight excluding hydrogens is 374 g/mol. The molecule has 5 rings (SSSR count). The largest absolute Gasteiger partial charge is 0.338 e. The number of para-hydroxylation sites is 3. The number of H-pyrrole nitrogens is 1. The number of aromatic nitrogens is 4. The second-order valence-electron chi connectivity index (χ2n) is 7.03. The number of nitrogens with one attached hydrogen (secondary N) is 2. The molecule has 0 unspecified atom stereocenters. The minimum atomic E-state index is -0.0842. The molecule has 2 N–H and O–H groups in total. The molecular formula is C24H19N5O. The molecule has 146 valence electrons. The Morgan fingerprint density at radius 1 is 0.933 bits per heavy atom. The van der Waals surface area contributed by atoms with Gasteiger partial charge >= 0.3 is 0 Å². The van der Waals surface area contributed by atoms with Crippen LogP contribution in [0.5, 0.6) is 0 Å². The van der Waals surface area contributed by atoms with Crippen molar-refractivity contribution in [2.45, 2.75) is 6.42 Å².